The summed E-state index contributed by atoms with van der Waals surface area (Å²) in [6, 6.07) is 7.64. The van der Waals surface area contributed by atoms with Crippen LogP contribution in [-0.4, -0.2) is 46.9 Å². The van der Waals surface area contributed by atoms with E-state index in [0.717, 1.165) is 31.6 Å². The smallest absolute Gasteiger partial charge is 0.254 e. The van der Waals surface area contributed by atoms with Gasteiger partial charge in [-0.3, -0.25) is 9.48 Å². The number of likely N-dealkylation sites (tertiary alicyclic amines) is 1. The van der Waals surface area contributed by atoms with E-state index in [-0.39, 0.29) is 11.9 Å². The van der Waals surface area contributed by atoms with Crippen LogP contribution in [0.25, 0.3) is 0 Å². The number of rotatable bonds is 2. The number of aromatic nitrogens is 2. The largest absolute Gasteiger partial charge is 0.490 e. The number of amides is 1. The van der Waals surface area contributed by atoms with Gasteiger partial charge in [-0.1, -0.05) is 0 Å². The SMILES string of the molecule is O=C(c1ccc2c(c1)OCCCO2)N1CCC[C@H](n2cccn2)C1. The van der Waals surface area contributed by atoms with Crippen LogP contribution in [0.3, 0.4) is 0 Å². The highest BCUT2D eigenvalue weighted by Gasteiger charge is 2.26. The van der Waals surface area contributed by atoms with E-state index in [9.17, 15) is 4.79 Å². The van der Waals surface area contributed by atoms with Gasteiger partial charge in [0, 0.05) is 37.5 Å². The first-order valence-corrected chi connectivity index (χ1v) is 8.49. The molecule has 2 aliphatic heterocycles. The molecule has 0 spiro atoms. The van der Waals surface area contributed by atoms with E-state index >= 15 is 0 Å². The Labute approximate surface area is 141 Å². The van der Waals surface area contributed by atoms with Gasteiger partial charge in [0.15, 0.2) is 11.5 Å². The molecule has 0 saturated carbocycles. The summed E-state index contributed by atoms with van der Waals surface area (Å²) < 4.78 is 13.3. The number of nitrogens with zero attached hydrogens (tertiary/aromatic N) is 3. The van der Waals surface area contributed by atoms with Crippen molar-refractivity contribution < 1.29 is 14.3 Å². The fourth-order valence-electron chi connectivity index (χ4n) is 3.33. The molecule has 1 saturated heterocycles. The Morgan fingerprint density at radius 3 is 2.88 bits per heavy atom. The predicted molar refractivity (Wildman–Crippen MR) is 88.5 cm³/mol. The molecular formula is C18H21N3O3. The molecule has 126 valence electrons. The third-order valence-corrected chi connectivity index (χ3v) is 4.58. The maximum absolute atomic E-state index is 12.9. The number of carbonyl (C=O) groups excluding carboxylic acids is 1. The van der Waals surface area contributed by atoms with Crippen LogP contribution < -0.4 is 9.47 Å². The molecule has 0 radical (unpaired) electrons. The first kappa shape index (κ1) is 15.1. The molecule has 1 aromatic carbocycles. The maximum Gasteiger partial charge on any atom is 0.254 e. The Balaban J connectivity index is 1.52. The van der Waals surface area contributed by atoms with Crippen molar-refractivity contribution in [1.29, 1.82) is 0 Å². The summed E-state index contributed by atoms with van der Waals surface area (Å²) >= 11 is 0. The van der Waals surface area contributed by atoms with Crippen molar-refractivity contribution in [3.63, 3.8) is 0 Å². The number of benzene rings is 1. The molecular weight excluding hydrogens is 306 g/mol. The fourth-order valence-corrected chi connectivity index (χ4v) is 3.33. The molecule has 4 rings (SSSR count). The van der Waals surface area contributed by atoms with Crippen LogP contribution >= 0.6 is 0 Å². The average molecular weight is 327 g/mol. The molecule has 1 amide bonds. The molecule has 24 heavy (non-hydrogen) atoms. The molecule has 1 atom stereocenters. The Morgan fingerprint density at radius 2 is 2.04 bits per heavy atom. The summed E-state index contributed by atoms with van der Waals surface area (Å²) in [7, 11) is 0. The minimum atomic E-state index is 0.0440. The number of hydrogen-bond acceptors (Lipinski definition) is 4. The number of ether oxygens (including phenoxy) is 2. The molecule has 0 aliphatic carbocycles. The zero-order chi connectivity index (χ0) is 16.4. The lowest BCUT2D eigenvalue weighted by molar-refractivity contribution is 0.0672. The van der Waals surface area contributed by atoms with Gasteiger partial charge in [-0.05, 0) is 37.1 Å². The van der Waals surface area contributed by atoms with Crippen molar-refractivity contribution in [1.82, 2.24) is 14.7 Å². The Bertz CT molecular complexity index is 714. The van der Waals surface area contributed by atoms with Gasteiger partial charge in [0.05, 0.1) is 19.3 Å². The number of fused-ring (bicyclic) bond motifs is 1. The van der Waals surface area contributed by atoms with Crippen LogP contribution in [0.15, 0.2) is 36.7 Å². The summed E-state index contributed by atoms with van der Waals surface area (Å²) in [4.78, 5) is 14.8. The first-order chi connectivity index (χ1) is 11.8. The molecule has 2 aliphatic rings. The molecule has 6 heteroatoms. The second-order valence-electron chi connectivity index (χ2n) is 6.25. The van der Waals surface area contributed by atoms with E-state index in [1.54, 1.807) is 12.3 Å². The highest BCUT2D eigenvalue weighted by atomic mass is 16.5. The van der Waals surface area contributed by atoms with E-state index in [2.05, 4.69) is 5.10 Å². The minimum absolute atomic E-state index is 0.0440. The van der Waals surface area contributed by atoms with E-state index < -0.39 is 0 Å². The molecule has 2 aromatic rings. The van der Waals surface area contributed by atoms with Gasteiger partial charge in [-0.25, -0.2) is 0 Å². The fraction of sp³-hybridized carbons (Fsp3) is 0.444. The van der Waals surface area contributed by atoms with Crippen molar-refractivity contribution >= 4 is 5.91 Å². The highest BCUT2D eigenvalue weighted by Crippen LogP contribution is 2.31. The summed E-state index contributed by atoms with van der Waals surface area (Å²) in [5, 5.41) is 4.32. The Morgan fingerprint density at radius 1 is 1.17 bits per heavy atom. The van der Waals surface area contributed by atoms with Gasteiger partial charge in [0.2, 0.25) is 0 Å². The molecule has 0 unspecified atom stereocenters. The zero-order valence-corrected chi connectivity index (χ0v) is 13.6. The summed E-state index contributed by atoms with van der Waals surface area (Å²) in [5.74, 6) is 1.43. The van der Waals surface area contributed by atoms with Crippen LogP contribution in [0.4, 0.5) is 0 Å². The Hall–Kier alpha value is -2.50. The van der Waals surface area contributed by atoms with Crippen LogP contribution in [0.2, 0.25) is 0 Å². The van der Waals surface area contributed by atoms with Gasteiger partial charge < -0.3 is 14.4 Å². The van der Waals surface area contributed by atoms with Gasteiger partial charge >= 0.3 is 0 Å². The summed E-state index contributed by atoms with van der Waals surface area (Å²) in [6.07, 6.45) is 6.64. The van der Waals surface area contributed by atoms with Crippen molar-refractivity contribution in [3.05, 3.63) is 42.2 Å². The topological polar surface area (TPSA) is 56.6 Å². The predicted octanol–water partition coefficient (Wildman–Crippen LogP) is 2.52. The Kier molecular flexibility index (Phi) is 4.11. The van der Waals surface area contributed by atoms with E-state index in [1.165, 1.54) is 0 Å². The second-order valence-corrected chi connectivity index (χ2v) is 6.25. The van der Waals surface area contributed by atoms with Crippen molar-refractivity contribution in [2.45, 2.75) is 25.3 Å². The van der Waals surface area contributed by atoms with E-state index in [0.29, 0.717) is 31.1 Å². The quantitative estimate of drug-likeness (QED) is 0.850. The van der Waals surface area contributed by atoms with Crippen LogP contribution in [0.1, 0.15) is 35.7 Å². The van der Waals surface area contributed by atoms with Crippen molar-refractivity contribution in [2.24, 2.45) is 0 Å². The zero-order valence-electron chi connectivity index (χ0n) is 13.6. The standard InChI is InChI=1S/C18H21N3O3/c22-18(14-5-6-16-17(12-14)24-11-3-10-23-16)20-8-1-4-15(13-20)21-9-2-7-19-21/h2,5-7,9,12,15H,1,3-4,8,10-11,13H2/t15-/m0/s1. The average Bonchev–Trinajstić information content (AvgIpc) is 3.06. The monoisotopic (exact) mass is 327 g/mol. The normalized spacial score (nSPS) is 20.5. The van der Waals surface area contributed by atoms with Crippen LogP contribution in [-0.2, 0) is 0 Å². The van der Waals surface area contributed by atoms with E-state index in [1.807, 2.05) is 34.0 Å². The van der Waals surface area contributed by atoms with Gasteiger partial charge in [0.1, 0.15) is 0 Å². The summed E-state index contributed by atoms with van der Waals surface area (Å²) in [5.41, 5.74) is 0.653. The third kappa shape index (κ3) is 2.96. The summed E-state index contributed by atoms with van der Waals surface area (Å²) in [6.45, 7) is 2.74. The lowest BCUT2D eigenvalue weighted by Gasteiger charge is -2.33. The molecule has 1 aromatic heterocycles. The molecule has 6 nitrogen and oxygen atoms in total. The van der Waals surface area contributed by atoms with Crippen molar-refractivity contribution in [3.8, 4) is 11.5 Å². The maximum atomic E-state index is 12.9. The lowest BCUT2D eigenvalue weighted by atomic mass is 10.0. The molecule has 1 fully saturated rings. The highest BCUT2D eigenvalue weighted by molar-refractivity contribution is 5.95. The van der Waals surface area contributed by atoms with Crippen molar-refractivity contribution in [2.75, 3.05) is 26.3 Å². The number of hydrogen-bond donors (Lipinski definition) is 0. The van der Waals surface area contributed by atoms with Crippen LogP contribution in [0, 0.1) is 0 Å². The van der Waals surface area contributed by atoms with Gasteiger partial charge in [0.25, 0.3) is 5.91 Å². The van der Waals surface area contributed by atoms with Gasteiger partial charge in [-0.15, -0.1) is 0 Å². The van der Waals surface area contributed by atoms with E-state index in [4.69, 9.17) is 9.47 Å². The molecule has 0 N–H and O–H groups in total. The number of carbonyl (C=O) groups is 1. The minimum Gasteiger partial charge on any atom is -0.490 e. The lowest BCUT2D eigenvalue weighted by Crippen LogP contribution is -2.40. The second kappa shape index (κ2) is 6.55. The third-order valence-electron chi connectivity index (χ3n) is 4.58. The van der Waals surface area contributed by atoms with Crippen LogP contribution in [0.5, 0.6) is 11.5 Å². The van der Waals surface area contributed by atoms with Gasteiger partial charge in [-0.2, -0.15) is 5.10 Å². The molecule has 3 heterocycles. The first-order valence-electron chi connectivity index (χ1n) is 8.49. The number of piperidine rings is 1. The molecule has 0 bridgehead atoms.